The molecule has 2 N–H and O–H groups in total. The molecular formula is C11H25N3. The molecule has 1 heterocycles. The highest BCUT2D eigenvalue weighted by molar-refractivity contribution is 4.61. The fourth-order valence-electron chi connectivity index (χ4n) is 1.87. The summed E-state index contributed by atoms with van der Waals surface area (Å²) < 4.78 is 0. The summed E-state index contributed by atoms with van der Waals surface area (Å²) in [6.07, 6.45) is 3.85. The summed E-state index contributed by atoms with van der Waals surface area (Å²) >= 11 is 0. The molecule has 0 atom stereocenters. The maximum Gasteiger partial charge on any atom is -0.000675 e. The van der Waals surface area contributed by atoms with E-state index in [4.69, 9.17) is 0 Å². The first kappa shape index (κ1) is 12.0. The van der Waals surface area contributed by atoms with Gasteiger partial charge in [0.25, 0.3) is 0 Å². The summed E-state index contributed by atoms with van der Waals surface area (Å²) in [5.41, 5.74) is 0. The first-order chi connectivity index (χ1) is 6.93. The van der Waals surface area contributed by atoms with Crippen LogP contribution in [0.1, 0.15) is 26.2 Å². The van der Waals surface area contributed by atoms with Crippen LogP contribution in [0.5, 0.6) is 0 Å². The van der Waals surface area contributed by atoms with Gasteiger partial charge in [0.05, 0.1) is 0 Å². The van der Waals surface area contributed by atoms with Crippen molar-refractivity contribution in [3.63, 3.8) is 0 Å². The van der Waals surface area contributed by atoms with Crippen LogP contribution >= 0.6 is 0 Å². The Balaban J connectivity index is 2.17. The Hall–Kier alpha value is -0.120. The highest BCUT2D eigenvalue weighted by Gasteiger charge is 2.02. The molecule has 1 fully saturated rings. The van der Waals surface area contributed by atoms with Crippen molar-refractivity contribution in [3.8, 4) is 0 Å². The minimum Gasteiger partial charge on any atom is -0.317 e. The van der Waals surface area contributed by atoms with Gasteiger partial charge in [-0.05, 0) is 65.1 Å². The maximum absolute atomic E-state index is 3.48. The normalized spacial score (nSPS) is 23.8. The lowest BCUT2D eigenvalue weighted by Crippen LogP contribution is -2.32. The van der Waals surface area contributed by atoms with Gasteiger partial charge < -0.3 is 15.5 Å². The second-order valence-corrected chi connectivity index (χ2v) is 3.99. The summed E-state index contributed by atoms with van der Waals surface area (Å²) in [5.74, 6) is 0. The molecule has 84 valence electrons. The molecule has 0 aliphatic carbocycles. The summed E-state index contributed by atoms with van der Waals surface area (Å²) in [6, 6.07) is 0. The zero-order valence-corrected chi connectivity index (χ0v) is 9.52. The van der Waals surface area contributed by atoms with Gasteiger partial charge in [-0.2, -0.15) is 0 Å². The third kappa shape index (κ3) is 5.58. The van der Waals surface area contributed by atoms with Gasteiger partial charge in [0, 0.05) is 0 Å². The Kier molecular flexibility index (Phi) is 7.01. The maximum atomic E-state index is 3.48. The molecule has 0 bridgehead atoms. The van der Waals surface area contributed by atoms with Gasteiger partial charge in [0.2, 0.25) is 0 Å². The van der Waals surface area contributed by atoms with Crippen LogP contribution in [-0.4, -0.2) is 50.7 Å². The van der Waals surface area contributed by atoms with Crippen molar-refractivity contribution < 1.29 is 0 Å². The second kappa shape index (κ2) is 8.21. The van der Waals surface area contributed by atoms with Gasteiger partial charge in [0.15, 0.2) is 0 Å². The quantitative estimate of drug-likeness (QED) is 0.650. The van der Waals surface area contributed by atoms with Crippen molar-refractivity contribution >= 4 is 0 Å². The van der Waals surface area contributed by atoms with E-state index < -0.39 is 0 Å². The van der Waals surface area contributed by atoms with Gasteiger partial charge in [-0.3, -0.25) is 0 Å². The van der Waals surface area contributed by atoms with Gasteiger partial charge in [-0.1, -0.05) is 6.92 Å². The minimum atomic E-state index is 1.17. The molecule has 0 saturated carbocycles. The van der Waals surface area contributed by atoms with Gasteiger partial charge in [-0.15, -0.1) is 0 Å². The van der Waals surface area contributed by atoms with E-state index >= 15 is 0 Å². The van der Waals surface area contributed by atoms with Gasteiger partial charge in [-0.25, -0.2) is 0 Å². The molecule has 1 rings (SSSR count). The van der Waals surface area contributed by atoms with Crippen molar-refractivity contribution in [3.05, 3.63) is 0 Å². The minimum absolute atomic E-state index is 1.17. The van der Waals surface area contributed by atoms with Gasteiger partial charge >= 0.3 is 0 Å². The standard InChI is InChI=1S/C11H25N3/c1-2-14-10-4-8-12-6-3-7-13-9-5-11-14/h12-13H,2-11H2,1H3. The Bertz CT molecular complexity index is 116. The molecule has 0 radical (unpaired) electrons. The third-order valence-electron chi connectivity index (χ3n) is 2.81. The van der Waals surface area contributed by atoms with Crippen molar-refractivity contribution in [2.75, 3.05) is 45.8 Å². The Morgan fingerprint density at radius 1 is 0.857 bits per heavy atom. The molecule has 1 aliphatic rings. The summed E-state index contributed by atoms with van der Waals surface area (Å²) in [5, 5.41) is 6.96. The van der Waals surface area contributed by atoms with E-state index in [1.54, 1.807) is 0 Å². The lowest BCUT2D eigenvalue weighted by atomic mass is 10.3. The Morgan fingerprint density at radius 3 is 1.86 bits per heavy atom. The number of hydrogen-bond donors (Lipinski definition) is 2. The van der Waals surface area contributed by atoms with E-state index in [9.17, 15) is 0 Å². The monoisotopic (exact) mass is 199 g/mol. The molecule has 0 amide bonds. The first-order valence-electron chi connectivity index (χ1n) is 6.07. The van der Waals surface area contributed by atoms with Crippen LogP contribution in [-0.2, 0) is 0 Å². The average molecular weight is 199 g/mol. The third-order valence-corrected chi connectivity index (χ3v) is 2.81. The molecule has 3 heteroatoms. The van der Waals surface area contributed by atoms with Crippen molar-refractivity contribution in [1.82, 2.24) is 15.5 Å². The molecule has 0 aromatic rings. The number of nitrogens with zero attached hydrogens (tertiary/aromatic N) is 1. The van der Waals surface area contributed by atoms with E-state index in [0.717, 1.165) is 0 Å². The molecule has 0 unspecified atom stereocenters. The van der Waals surface area contributed by atoms with Crippen LogP contribution in [0.2, 0.25) is 0 Å². The van der Waals surface area contributed by atoms with Gasteiger partial charge in [0.1, 0.15) is 0 Å². The molecule has 0 spiro atoms. The molecule has 3 nitrogen and oxygen atoms in total. The van der Waals surface area contributed by atoms with Crippen molar-refractivity contribution in [2.24, 2.45) is 0 Å². The molecular weight excluding hydrogens is 174 g/mol. The van der Waals surface area contributed by atoms with E-state index in [2.05, 4.69) is 22.5 Å². The highest BCUT2D eigenvalue weighted by Crippen LogP contribution is 1.94. The van der Waals surface area contributed by atoms with Crippen LogP contribution in [0.25, 0.3) is 0 Å². The van der Waals surface area contributed by atoms with E-state index in [-0.39, 0.29) is 0 Å². The predicted octanol–water partition coefficient (Wildman–Crippen LogP) is 0.671. The topological polar surface area (TPSA) is 27.3 Å². The summed E-state index contributed by atoms with van der Waals surface area (Å²) in [4.78, 5) is 2.55. The largest absolute Gasteiger partial charge is 0.317 e. The number of nitrogens with one attached hydrogen (secondary N) is 2. The van der Waals surface area contributed by atoms with E-state index in [1.165, 1.54) is 65.1 Å². The second-order valence-electron chi connectivity index (χ2n) is 3.99. The number of hydrogen-bond acceptors (Lipinski definition) is 3. The summed E-state index contributed by atoms with van der Waals surface area (Å²) in [6.45, 7) is 10.6. The fourth-order valence-corrected chi connectivity index (χ4v) is 1.87. The van der Waals surface area contributed by atoms with Crippen LogP contribution in [0.4, 0.5) is 0 Å². The van der Waals surface area contributed by atoms with Crippen LogP contribution in [0.3, 0.4) is 0 Å². The molecule has 0 aromatic carbocycles. The zero-order valence-electron chi connectivity index (χ0n) is 9.52. The highest BCUT2D eigenvalue weighted by atomic mass is 15.1. The lowest BCUT2D eigenvalue weighted by molar-refractivity contribution is 0.276. The average Bonchev–Trinajstić information content (AvgIpc) is 2.19. The van der Waals surface area contributed by atoms with E-state index in [1.807, 2.05) is 0 Å². The lowest BCUT2D eigenvalue weighted by Gasteiger charge is -2.21. The van der Waals surface area contributed by atoms with Crippen LogP contribution in [0.15, 0.2) is 0 Å². The van der Waals surface area contributed by atoms with E-state index in [0.29, 0.717) is 0 Å². The van der Waals surface area contributed by atoms with Crippen molar-refractivity contribution in [1.29, 1.82) is 0 Å². The zero-order chi connectivity index (χ0) is 10.1. The number of rotatable bonds is 1. The molecule has 1 saturated heterocycles. The van der Waals surface area contributed by atoms with Crippen LogP contribution in [0, 0.1) is 0 Å². The fraction of sp³-hybridized carbons (Fsp3) is 1.00. The summed E-state index contributed by atoms with van der Waals surface area (Å²) in [7, 11) is 0. The SMILES string of the molecule is CCN1CCCNCCCNCCC1. The predicted molar refractivity (Wildman–Crippen MR) is 61.7 cm³/mol. The smallest absolute Gasteiger partial charge is 0.000675 e. The molecule has 1 aliphatic heterocycles. The van der Waals surface area contributed by atoms with Crippen molar-refractivity contribution in [2.45, 2.75) is 26.2 Å². The van der Waals surface area contributed by atoms with Crippen LogP contribution < -0.4 is 10.6 Å². The molecule has 14 heavy (non-hydrogen) atoms. The first-order valence-corrected chi connectivity index (χ1v) is 6.07. The Labute approximate surface area is 88.2 Å². The Morgan fingerprint density at radius 2 is 1.36 bits per heavy atom. The molecule has 0 aromatic heterocycles.